The number of nitrogens with zero attached hydrogens (tertiary/aromatic N) is 4. The van der Waals surface area contributed by atoms with E-state index in [1.54, 1.807) is 0 Å². The summed E-state index contributed by atoms with van der Waals surface area (Å²) in [5, 5.41) is 0.455. The van der Waals surface area contributed by atoms with Gasteiger partial charge in [0.2, 0.25) is 0 Å². The minimum absolute atomic E-state index is 0.0454. The standard InChI is InChI=1S/C15H21ClN4O2/c1-4-22-11(3)13-10(2)17-15-14(18-12(16)9-20(13)15)19-5-7-21-8-6-19/h9,11H,4-8H2,1-3H3. The highest BCUT2D eigenvalue weighted by molar-refractivity contribution is 6.29. The number of morpholine rings is 1. The lowest BCUT2D eigenvalue weighted by Gasteiger charge is -2.28. The lowest BCUT2D eigenvalue weighted by molar-refractivity contribution is 0.0723. The first-order valence-corrected chi connectivity index (χ1v) is 7.99. The largest absolute Gasteiger partial charge is 0.378 e. The fourth-order valence-corrected chi connectivity index (χ4v) is 3.12. The van der Waals surface area contributed by atoms with Crippen molar-refractivity contribution in [3.8, 4) is 0 Å². The summed E-state index contributed by atoms with van der Waals surface area (Å²) in [6.45, 7) is 9.66. The number of fused-ring (bicyclic) bond motifs is 1. The molecule has 1 fully saturated rings. The second kappa shape index (κ2) is 6.40. The molecular formula is C15H21ClN4O2. The van der Waals surface area contributed by atoms with E-state index in [2.05, 4.69) is 9.88 Å². The Kier molecular flexibility index (Phi) is 4.52. The van der Waals surface area contributed by atoms with Gasteiger partial charge in [0.05, 0.1) is 30.7 Å². The fraction of sp³-hybridized carbons (Fsp3) is 0.600. The van der Waals surface area contributed by atoms with Gasteiger partial charge in [-0.15, -0.1) is 0 Å². The Balaban J connectivity index is 2.12. The molecule has 1 saturated heterocycles. The highest BCUT2D eigenvalue weighted by atomic mass is 35.5. The summed E-state index contributed by atoms with van der Waals surface area (Å²) in [6, 6.07) is 0. The summed E-state index contributed by atoms with van der Waals surface area (Å²) >= 11 is 6.25. The van der Waals surface area contributed by atoms with Gasteiger partial charge in [-0.3, -0.25) is 4.40 Å². The van der Waals surface area contributed by atoms with Crippen LogP contribution in [0.4, 0.5) is 5.82 Å². The predicted molar refractivity (Wildman–Crippen MR) is 85.8 cm³/mol. The zero-order chi connectivity index (χ0) is 15.7. The van der Waals surface area contributed by atoms with Crippen molar-refractivity contribution in [3.63, 3.8) is 0 Å². The van der Waals surface area contributed by atoms with Crippen LogP contribution in [-0.4, -0.2) is 47.3 Å². The van der Waals surface area contributed by atoms with Crippen LogP contribution in [0, 0.1) is 6.92 Å². The molecule has 0 saturated carbocycles. The Morgan fingerprint density at radius 1 is 1.36 bits per heavy atom. The Hall–Kier alpha value is -1.37. The van der Waals surface area contributed by atoms with Gasteiger partial charge in [-0.05, 0) is 20.8 Å². The minimum atomic E-state index is -0.0454. The van der Waals surface area contributed by atoms with Crippen molar-refractivity contribution in [3.05, 3.63) is 22.7 Å². The number of anilines is 1. The summed E-state index contributed by atoms with van der Waals surface area (Å²) < 4.78 is 13.2. The van der Waals surface area contributed by atoms with Gasteiger partial charge in [-0.1, -0.05) is 11.6 Å². The molecule has 3 rings (SSSR count). The van der Waals surface area contributed by atoms with Crippen molar-refractivity contribution in [2.24, 2.45) is 0 Å². The van der Waals surface area contributed by atoms with Crippen molar-refractivity contribution in [2.75, 3.05) is 37.8 Å². The van der Waals surface area contributed by atoms with Gasteiger partial charge < -0.3 is 14.4 Å². The SMILES string of the molecule is CCOC(C)c1c(C)nc2c(N3CCOCC3)nc(Cl)cn12. The number of halogens is 1. The van der Waals surface area contributed by atoms with Gasteiger partial charge in [-0.25, -0.2) is 9.97 Å². The third-order valence-corrected chi connectivity index (χ3v) is 4.07. The molecule has 1 unspecified atom stereocenters. The van der Waals surface area contributed by atoms with Crippen molar-refractivity contribution in [1.29, 1.82) is 0 Å². The first kappa shape index (κ1) is 15.5. The van der Waals surface area contributed by atoms with E-state index < -0.39 is 0 Å². The first-order valence-electron chi connectivity index (χ1n) is 7.61. The fourth-order valence-electron chi connectivity index (χ4n) is 2.94. The molecule has 1 aliphatic heterocycles. The van der Waals surface area contributed by atoms with Crippen LogP contribution in [0.2, 0.25) is 5.15 Å². The maximum absolute atomic E-state index is 6.25. The zero-order valence-corrected chi connectivity index (χ0v) is 13.9. The number of rotatable bonds is 4. The molecule has 0 aromatic carbocycles. The average Bonchev–Trinajstić information content (AvgIpc) is 2.83. The Bertz CT molecular complexity index is 667. The summed E-state index contributed by atoms with van der Waals surface area (Å²) in [7, 11) is 0. The van der Waals surface area contributed by atoms with Crippen LogP contribution in [0.15, 0.2) is 6.20 Å². The molecule has 22 heavy (non-hydrogen) atoms. The van der Waals surface area contributed by atoms with Gasteiger partial charge >= 0.3 is 0 Å². The highest BCUT2D eigenvalue weighted by Gasteiger charge is 2.22. The summed E-state index contributed by atoms with van der Waals surface area (Å²) in [5.41, 5.74) is 2.79. The molecule has 2 aromatic heterocycles. The maximum atomic E-state index is 6.25. The lowest BCUT2D eigenvalue weighted by atomic mass is 10.2. The maximum Gasteiger partial charge on any atom is 0.180 e. The number of hydrogen-bond acceptors (Lipinski definition) is 5. The third-order valence-electron chi connectivity index (χ3n) is 3.89. The van der Waals surface area contributed by atoms with E-state index >= 15 is 0 Å². The molecule has 0 amide bonds. The minimum Gasteiger partial charge on any atom is -0.378 e. The van der Waals surface area contributed by atoms with Gasteiger partial charge in [-0.2, -0.15) is 0 Å². The molecule has 6 nitrogen and oxygen atoms in total. The normalized spacial score (nSPS) is 17.2. The Morgan fingerprint density at radius 2 is 2.09 bits per heavy atom. The Labute approximate surface area is 135 Å². The lowest BCUT2D eigenvalue weighted by Crippen LogP contribution is -2.37. The Morgan fingerprint density at radius 3 is 2.77 bits per heavy atom. The molecule has 2 aromatic rings. The molecule has 0 aliphatic carbocycles. The van der Waals surface area contributed by atoms with Crippen LogP contribution < -0.4 is 4.90 Å². The number of aryl methyl sites for hydroxylation is 1. The van der Waals surface area contributed by atoms with Crippen LogP contribution in [-0.2, 0) is 9.47 Å². The summed E-state index contributed by atoms with van der Waals surface area (Å²) in [5.74, 6) is 0.814. The molecule has 3 heterocycles. The second-order valence-corrected chi connectivity index (χ2v) is 5.75. The predicted octanol–water partition coefficient (Wildman–Crippen LogP) is 2.63. The van der Waals surface area contributed by atoms with E-state index in [1.807, 2.05) is 31.4 Å². The van der Waals surface area contributed by atoms with Crippen molar-refractivity contribution in [2.45, 2.75) is 26.9 Å². The van der Waals surface area contributed by atoms with Gasteiger partial charge in [0.1, 0.15) is 5.15 Å². The quantitative estimate of drug-likeness (QED) is 0.865. The van der Waals surface area contributed by atoms with Crippen molar-refractivity contribution < 1.29 is 9.47 Å². The molecule has 7 heteroatoms. The number of imidazole rings is 1. The van der Waals surface area contributed by atoms with Crippen LogP contribution in [0.25, 0.3) is 5.65 Å². The second-order valence-electron chi connectivity index (χ2n) is 5.36. The first-order chi connectivity index (χ1) is 10.6. The molecule has 0 N–H and O–H groups in total. The van der Waals surface area contributed by atoms with E-state index in [4.69, 9.17) is 26.1 Å². The molecule has 0 radical (unpaired) electrons. The van der Waals surface area contributed by atoms with E-state index in [9.17, 15) is 0 Å². The molecule has 0 bridgehead atoms. The van der Waals surface area contributed by atoms with Crippen LogP contribution in [0.5, 0.6) is 0 Å². The van der Waals surface area contributed by atoms with Gasteiger partial charge in [0, 0.05) is 25.9 Å². The highest BCUT2D eigenvalue weighted by Crippen LogP contribution is 2.28. The number of aromatic nitrogens is 3. The monoisotopic (exact) mass is 324 g/mol. The summed E-state index contributed by atoms with van der Waals surface area (Å²) in [6.07, 6.45) is 1.77. The molecule has 1 atom stereocenters. The molecule has 120 valence electrons. The van der Waals surface area contributed by atoms with Crippen LogP contribution in [0.3, 0.4) is 0 Å². The molecular weight excluding hydrogens is 304 g/mol. The van der Waals surface area contributed by atoms with E-state index in [-0.39, 0.29) is 6.10 Å². The smallest absolute Gasteiger partial charge is 0.180 e. The molecule has 0 spiro atoms. The van der Waals surface area contributed by atoms with E-state index in [0.717, 1.165) is 35.9 Å². The van der Waals surface area contributed by atoms with Gasteiger partial charge in [0.25, 0.3) is 0 Å². The number of ether oxygens (including phenoxy) is 2. The topological polar surface area (TPSA) is 51.9 Å². The van der Waals surface area contributed by atoms with Crippen molar-refractivity contribution in [1.82, 2.24) is 14.4 Å². The zero-order valence-electron chi connectivity index (χ0n) is 13.2. The van der Waals surface area contributed by atoms with Crippen molar-refractivity contribution >= 4 is 23.1 Å². The van der Waals surface area contributed by atoms with E-state index in [1.165, 1.54) is 0 Å². The molecule has 1 aliphatic rings. The van der Waals surface area contributed by atoms with Gasteiger partial charge in [0.15, 0.2) is 11.5 Å². The third kappa shape index (κ3) is 2.78. The van der Waals surface area contributed by atoms with E-state index in [0.29, 0.717) is 25.0 Å². The summed E-state index contributed by atoms with van der Waals surface area (Å²) in [4.78, 5) is 11.4. The van der Waals surface area contributed by atoms with Crippen LogP contribution in [0.1, 0.15) is 31.3 Å². The number of hydrogen-bond donors (Lipinski definition) is 0. The van der Waals surface area contributed by atoms with Crippen LogP contribution >= 0.6 is 11.6 Å². The average molecular weight is 325 g/mol.